The van der Waals surface area contributed by atoms with Crippen LogP contribution in [0.2, 0.25) is 0 Å². The molecule has 0 atom stereocenters. The Bertz CT molecular complexity index is 618. The fourth-order valence-electron chi connectivity index (χ4n) is 1.81. The first-order chi connectivity index (χ1) is 9.61. The molecular weight excluding hydrogens is 272 g/mol. The summed E-state index contributed by atoms with van der Waals surface area (Å²) in [7, 11) is 0. The lowest BCUT2D eigenvalue weighted by Gasteiger charge is -2.04. The minimum atomic E-state index is 0.000842. The predicted molar refractivity (Wildman–Crippen MR) is 83.2 cm³/mol. The van der Waals surface area contributed by atoms with E-state index in [-0.39, 0.29) is 5.56 Å². The quantitative estimate of drug-likeness (QED) is 0.889. The Balaban J connectivity index is 2.24. The average Bonchev–Trinajstić information content (AvgIpc) is 2.88. The molecule has 20 heavy (non-hydrogen) atoms. The number of hydrogen-bond donors (Lipinski definition) is 1. The van der Waals surface area contributed by atoms with Crippen molar-refractivity contribution in [3.8, 4) is 10.6 Å². The van der Waals surface area contributed by atoms with Crippen molar-refractivity contribution in [3.05, 3.63) is 28.7 Å². The molecule has 0 aliphatic heterocycles. The molecule has 2 heterocycles. The first kappa shape index (κ1) is 14.7. The Morgan fingerprint density at radius 3 is 2.90 bits per heavy atom. The van der Waals surface area contributed by atoms with Gasteiger partial charge in [-0.15, -0.1) is 10.2 Å². The highest BCUT2D eigenvalue weighted by atomic mass is 32.1. The second kappa shape index (κ2) is 6.65. The van der Waals surface area contributed by atoms with Gasteiger partial charge in [0.15, 0.2) is 5.01 Å². The Hall–Kier alpha value is -1.69. The van der Waals surface area contributed by atoms with Crippen LogP contribution < -0.4 is 10.9 Å². The van der Waals surface area contributed by atoms with Gasteiger partial charge < -0.3 is 9.88 Å². The summed E-state index contributed by atoms with van der Waals surface area (Å²) in [6.07, 6.45) is 2.75. The van der Waals surface area contributed by atoms with Crippen LogP contribution in [0.3, 0.4) is 0 Å². The number of nitrogens with zero attached hydrogens (tertiary/aromatic N) is 3. The van der Waals surface area contributed by atoms with Gasteiger partial charge in [0.25, 0.3) is 5.56 Å². The van der Waals surface area contributed by atoms with Crippen LogP contribution in [0.15, 0.2) is 23.1 Å². The van der Waals surface area contributed by atoms with Gasteiger partial charge in [0.2, 0.25) is 5.13 Å². The Morgan fingerprint density at radius 2 is 2.20 bits per heavy atom. The van der Waals surface area contributed by atoms with E-state index in [2.05, 4.69) is 36.3 Å². The van der Waals surface area contributed by atoms with Crippen LogP contribution >= 0.6 is 11.3 Å². The third-order valence-electron chi connectivity index (χ3n) is 2.80. The topological polar surface area (TPSA) is 59.8 Å². The second-order valence-electron chi connectivity index (χ2n) is 5.11. The summed E-state index contributed by atoms with van der Waals surface area (Å²) < 4.78 is 1.72. The SMILES string of the molecule is CCCn1cccc(-c2nnc(NCC(C)C)s2)c1=O. The number of anilines is 1. The summed E-state index contributed by atoms with van der Waals surface area (Å²) in [6, 6.07) is 3.69. The Kier molecular flexibility index (Phi) is 4.89. The van der Waals surface area contributed by atoms with E-state index in [0.717, 1.165) is 24.6 Å². The summed E-state index contributed by atoms with van der Waals surface area (Å²) in [5.74, 6) is 0.542. The normalized spacial score (nSPS) is 11.0. The maximum atomic E-state index is 12.3. The molecular formula is C14H20N4OS. The molecule has 2 aromatic heterocycles. The molecule has 6 heteroatoms. The molecule has 0 radical (unpaired) electrons. The lowest BCUT2D eigenvalue weighted by molar-refractivity contribution is 0.655. The average molecular weight is 292 g/mol. The molecule has 0 amide bonds. The van der Waals surface area contributed by atoms with E-state index in [0.29, 0.717) is 16.5 Å². The van der Waals surface area contributed by atoms with E-state index < -0.39 is 0 Å². The lowest BCUT2D eigenvalue weighted by atomic mass is 10.2. The van der Waals surface area contributed by atoms with Gasteiger partial charge in [-0.05, 0) is 24.5 Å². The van der Waals surface area contributed by atoms with Crippen LogP contribution in [0.25, 0.3) is 10.6 Å². The number of aryl methyl sites for hydroxylation is 1. The largest absolute Gasteiger partial charge is 0.360 e. The van der Waals surface area contributed by atoms with Crippen molar-refractivity contribution in [1.29, 1.82) is 0 Å². The van der Waals surface area contributed by atoms with Crippen molar-refractivity contribution in [1.82, 2.24) is 14.8 Å². The first-order valence-corrected chi connectivity index (χ1v) is 7.70. The molecule has 0 aliphatic rings. The maximum absolute atomic E-state index is 12.3. The first-order valence-electron chi connectivity index (χ1n) is 6.89. The van der Waals surface area contributed by atoms with E-state index in [1.165, 1.54) is 11.3 Å². The van der Waals surface area contributed by atoms with Crippen LogP contribution in [0.4, 0.5) is 5.13 Å². The van der Waals surface area contributed by atoms with E-state index in [1.807, 2.05) is 12.3 Å². The van der Waals surface area contributed by atoms with Crippen LogP contribution in [0.1, 0.15) is 27.2 Å². The minimum absolute atomic E-state index is 0.000842. The molecule has 2 rings (SSSR count). The number of nitrogens with one attached hydrogen (secondary N) is 1. The summed E-state index contributed by atoms with van der Waals surface area (Å²) >= 11 is 1.42. The number of aromatic nitrogens is 3. The van der Waals surface area contributed by atoms with Gasteiger partial charge in [0.1, 0.15) is 0 Å². The Morgan fingerprint density at radius 1 is 1.40 bits per heavy atom. The fourth-order valence-corrected chi connectivity index (χ4v) is 2.58. The highest BCUT2D eigenvalue weighted by molar-refractivity contribution is 7.18. The predicted octanol–water partition coefficient (Wildman–Crippen LogP) is 2.84. The second-order valence-corrected chi connectivity index (χ2v) is 6.09. The van der Waals surface area contributed by atoms with E-state index in [4.69, 9.17) is 0 Å². The van der Waals surface area contributed by atoms with Crippen molar-refractivity contribution >= 4 is 16.5 Å². The van der Waals surface area contributed by atoms with Gasteiger partial charge in [-0.1, -0.05) is 32.1 Å². The van der Waals surface area contributed by atoms with Crippen molar-refractivity contribution in [2.24, 2.45) is 5.92 Å². The molecule has 0 saturated heterocycles. The smallest absolute Gasteiger partial charge is 0.260 e. The molecule has 0 spiro atoms. The molecule has 5 nitrogen and oxygen atoms in total. The van der Waals surface area contributed by atoms with Gasteiger partial charge in [0.05, 0.1) is 5.56 Å². The van der Waals surface area contributed by atoms with Crippen LogP contribution in [-0.4, -0.2) is 21.3 Å². The Labute approximate surface area is 122 Å². The van der Waals surface area contributed by atoms with Gasteiger partial charge in [-0.25, -0.2) is 0 Å². The molecule has 2 aromatic rings. The van der Waals surface area contributed by atoms with Crippen LogP contribution in [-0.2, 0) is 6.54 Å². The zero-order valence-corrected chi connectivity index (χ0v) is 12.9. The number of hydrogen-bond acceptors (Lipinski definition) is 5. The third kappa shape index (κ3) is 3.45. The summed E-state index contributed by atoms with van der Waals surface area (Å²) in [4.78, 5) is 12.3. The third-order valence-corrected chi connectivity index (χ3v) is 3.72. The summed E-state index contributed by atoms with van der Waals surface area (Å²) in [5, 5.41) is 12.9. The summed E-state index contributed by atoms with van der Waals surface area (Å²) in [6.45, 7) is 7.90. The molecule has 0 bridgehead atoms. The molecule has 0 aliphatic carbocycles. The van der Waals surface area contributed by atoms with Gasteiger partial charge in [0, 0.05) is 19.3 Å². The molecule has 0 fully saturated rings. The molecule has 0 saturated carbocycles. The number of rotatable bonds is 6. The maximum Gasteiger partial charge on any atom is 0.260 e. The molecule has 1 N–H and O–H groups in total. The summed E-state index contributed by atoms with van der Waals surface area (Å²) in [5.41, 5.74) is 0.622. The standard InChI is InChI=1S/C14H20N4OS/c1-4-7-18-8-5-6-11(13(18)19)12-16-17-14(20-12)15-9-10(2)3/h5-6,8,10H,4,7,9H2,1-3H3,(H,15,17). The van der Waals surface area contributed by atoms with Crippen molar-refractivity contribution in [2.45, 2.75) is 33.7 Å². The highest BCUT2D eigenvalue weighted by Crippen LogP contribution is 2.23. The van der Waals surface area contributed by atoms with Crippen molar-refractivity contribution in [2.75, 3.05) is 11.9 Å². The molecule has 0 aromatic carbocycles. The highest BCUT2D eigenvalue weighted by Gasteiger charge is 2.11. The zero-order valence-electron chi connectivity index (χ0n) is 12.1. The van der Waals surface area contributed by atoms with E-state index in [1.54, 1.807) is 10.6 Å². The fraction of sp³-hybridized carbons (Fsp3) is 0.500. The van der Waals surface area contributed by atoms with Crippen molar-refractivity contribution in [3.63, 3.8) is 0 Å². The monoisotopic (exact) mass is 292 g/mol. The van der Waals surface area contributed by atoms with Gasteiger partial charge in [-0.3, -0.25) is 4.79 Å². The zero-order chi connectivity index (χ0) is 14.5. The lowest BCUT2D eigenvalue weighted by Crippen LogP contribution is -2.20. The van der Waals surface area contributed by atoms with E-state index in [9.17, 15) is 4.79 Å². The van der Waals surface area contributed by atoms with Gasteiger partial charge >= 0.3 is 0 Å². The van der Waals surface area contributed by atoms with Crippen LogP contribution in [0.5, 0.6) is 0 Å². The van der Waals surface area contributed by atoms with Crippen molar-refractivity contribution < 1.29 is 0 Å². The van der Waals surface area contributed by atoms with Gasteiger partial charge in [-0.2, -0.15) is 0 Å². The van der Waals surface area contributed by atoms with Crippen LogP contribution in [0, 0.1) is 5.92 Å². The van der Waals surface area contributed by atoms with E-state index >= 15 is 0 Å². The molecule has 108 valence electrons. The molecule has 0 unspecified atom stereocenters. The number of pyridine rings is 1. The minimum Gasteiger partial charge on any atom is -0.360 e.